The van der Waals surface area contributed by atoms with Crippen LogP contribution < -0.4 is 10.6 Å². The number of hydrogen-bond acceptors (Lipinski definition) is 2. The minimum absolute atomic E-state index is 0. The third-order valence-corrected chi connectivity index (χ3v) is 32.5. The van der Waals surface area contributed by atoms with Gasteiger partial charge in [-0.1, -0.05) is 200 Å². The molecule has 2 aromatic carbocycles. The summed E-state index contributed by atoms with van der Waals surface area (Å²) in [5.74, 6) is 1.40. The molecule has 2 aromatic rings. The molecule has 8 saturated carbocycles. The molecule has 0 amide bonds. The van der Waals surface area contributed by atoms with E-state index in [1.165, 1.54) is 201 Å². The summed E-state index contributed by atoms with van der Waals surface area (Å²) in [5.41, 5.74) is 7.23. The molecule has 8 aliphatic rings. The van der Waals surface area contributed by atoms with Crippen molar-refractivity contribution in [2.24, 2.45) is 11.8 Å². The minimum atomic E-state index is -1.06. The van der Waals surface area contributed by atoms with Gasteiger partial charge in [-0.2, -0.15) is 0 Å². The van der Waals surface area contributed by atoms with Crippen LogP contribution in [0.25, 0.3) is 0 Å². The maximum absolute atomic E-state index is 11.1. The molecule has 0 N–H and O–H groups in total. The average Bonchev–Trinajstić information content (AvgIpc) is 4.29. The second kappa shape index (κ2) is 41.6. The van der Waals surface area contributed by atoms with Crippen LogP contribution in [-0.2, 0) is 43.7 Å². The van der Waals surface area contributed by atoms with Crippen molar-refractivity contribution >= 4 is 48.3 Å². The molecule has 10 rings (SSSR count). The second-order valence-electron chi connectivity index (χ2n) is 24.7. The quantitative estimate of drug-likeness (QED) is 0.120. The molecule has 8 fully saturated rings. The zero-order valence-corrected chi connectivity index (χ0v) is 58.1. The third kappa shape index (κ3) is 25.2. The summed E-state index contributed by atoms with van der Waals surface area (Å²) in [6.07, 6.45) is 54.2. The van der Waals surface area contributed by atoms with Crippen LogP contribution in [0.4, 0.5) is 0 Å². The van der Waals surface area contributed by atoms with E-state index in [0.29, 0.717) is 5.92 Å². The Bertz CT molecular complexity index is 1620. The van der Waals surface area contributed by atoms with E-state index in [-0.39, 0.29) is 91.5 Å². The first-order chi connectivity index (χ1) is 34.6. The van der Waals surface area contributed by atoms with Gasteiger partial charge in [0.2, 0.25) is 0 Å². The van der Waals surface area contributed by atoms with Crippen LogP contribution >= 0.6 is 31.7 Å². The van der Waals surface area contributed by atoms with Gasteiger partial charge in [0.25, 0.3) is 0 Å². The van der Waals surface area contributed by atoms with E-state index in [9.17, 15) is 4.79 Å². The van der Waals surface area contributed by atoms with Crippen LogP contribution in [0.3, 0.4) is 0 Å². The van der Waals surface area contributed by atoms with Gasteiger partial charge in [0.15, 0.2) is 0 Å². The average molecular weight is 1410 g/mol. The maximum Gasteiger partial charge on any atom is 0.302 e. The van der Waals surface area contributed by atoms with Gasteiger partial charge in [0, 0.05) is 98.0 Å². The molecule has 0 spiro atoms. The zero-order valence-electron chi connectivity index (χ0n) is 48.4. The molecule has 9 heteroatoms. The minimum Gasteiger partial charge on any atom is -0.462 e. The molecule has 0 bridgehead atoms. The van der Waals surface area contributed by atoms with E-state index >= 15 is 0 Å². The van der Waals surface area contributed by atoms with Gasteiger partial charge >= 0.3 is 5.97 Å². The summed E-state index contributed by atoms with van der Waals surface area (Å²) < 4.78 is 5.43. The molecule has 0 aliphatic heterocycles. The smallest absolute Gasteiger partial charge is 0.302 e. The van der Waals surface area contributed by atoms with Crippen molar-refractivity contribution in [2.75, 3.05) is 20.0 Å². The monoisotopic (exact) mass is 1410 g/mol. The topological polar surface area (TPSA) is 26.3 Å². The molecule has 2 nitrogen and oxygen atoms in total. The summed E-state index contributed by atoms with van der Waals surface area (Å²) in [5, 5.41) is 3.18. The van der Waals surface area contributed by atoms with Crippen molar-refractivity contribution in [1.29, 1.82) is 0 Å². The summed E-state index contributed by atoms with van der Waals surface area (Å²) >= 11 is 0. The van der Waals surface area contributed by atoms with Crippen molar-refractivity contribution in [3.8, 4) is 0 Å². The number of benzene rings is 2. The van der Waals surface area contributed by atoms with Crippen LogP contribution in [0, 0.1) is 41.8 Å². The number of rotatable bonds is 12. The second-order valence-corrected chi connectivity index (χ2v) is 36.8. The molecule has 75 heavy (non-hydrogen) atoms. The normalized spacial score (nSPS) is 25.6. The Morgan fingerprint density at radius 3 is 1.33 bits per heavy atom. The molecule has 7 atom stereocenters. The molecule has 1 radical (unpaired) electrons. The van der Waals surface area contributed by atoms with Gasteiger partial charge in [0.1, 0.15) is 6.10 Å². The van der Waals surface area contributed by atoms with Crippen LogP contribution in [0.15, 0.2) is 60.7 Å². The van der Waals surface area contributed by atoms with Gasteiger partial charge in [-0.25, -0.2) is 0 Å². The molecule has 0 saturated heterocycles. The van der Waals surface area contributed by atoms with Gasteiger partial charge in [0.05, 0.1) is 41.9 Å². The van der Waals surface area contributed by atoms with Crippen LogP contribution in [0.2, 0.25) is 0 Å². The Balaban J connectivity index is 0.000000360. The van der Waals surface area contributed by atoms with E-state index in [1.807, 2.05) is 0 Å². The van der Waals surface area contributed by atoms with Crippen molar-refractivity contribution < 1.29 is 73.6 Å². The number of ether oxygens (including phenoxy) is 1. The molecule has 0 aromatic heterocycles. The Hall–Kier alpha value is 1.68. The largest absolute Gasteiger partial charge is 0.462 e. The van der Waals surface area contributed by atoms with Gasteiger partial charge < -0.3 is 4.74 Å². The van der Waals surface area contributed by atoms with E-state index < -0.39 is 15.2 Å². The van der Waals surface area contributed by atoms with Crippen molar-refractivity contribution in [1.82, 2.24) is 0 Å². The summed E-state index contributed by atoms with van der Waals surface area (Å²) in [4.78, 5) is 11.1. The Morgan fingerprint density at radius 2 is 0.907 bits per heavy atom. The van der Waals surface area contributed by atoms with Gasteiger partial charge in [-0.3, -0.25) is 4.79 Å². The molecule has 5 unspecified atom stereocenters. The number of carbonyl (C=O) groups excluding carboxylic acids is 1. The first-order valence-corrected chi connectivity index (χ1v) is 38.7. The van der Waals surface area contributed by atoms with Crippen molar-refractivity contribution in [3.63, 3.8) is 0 Å². The number of carbonyl (C=O) groups is 1. The molecule has 0 heterocycles. The van der Waals surface area contributed by atoms with Crippen LogP contribution in [-0.4, -0.2) is 71.7 Å². The summed E-state index contributed by atoms with van der Waals surface area (Å²) in [6, 6.07) is 22.5. The molecule has 8 aliphatic carbocycles. The van der Waals surface area contributed by atoms with Gasteiger partial charge in [-0.05, 0) is 149 Å². The molecule has 431 valence electrons. The van der Waals surface area contributed by atoms with Crippen molar-refractivity contribution in [3.05, 3.63) is 60.7 Å². The van der Waals surface area contributed by atoms with E-state index in [0.717, 1.165) is 45.5 Å². The Labute approximate surface area is 514 Å². The molecular formula is C66H116Fe2NpO2P4+2. The van der Waals surface area contributed by atoms with Crippen LogP contribution in [0.5, 0.6) is 0 Å². The predicted octanol–water partition coefficient (Wildman–Crippen LogP) is 20.4. The molecular weight excluding hydrogens is 1300 g/mol. The van der Waals surface area contributed by atoms with Gasteiger partial charge in [-0.15, -0.1) is 8.58 Å². The summed E-state index contributed by atoms with van der Waals surface area (Å²) in [7, 11) is -0.0898. The standard InChI is InChI=1S/C27H45P2.C16H23O2P.C12H23P.2C5H10.CH4.2Fe.Np/c1-22(28(23-14-7-4-8-15-23)24-16-9-5-10-17-24)26-20-13-21-27(26)29(2,3)25-18-11-6-12-19-25;1-12(18-13(2)17)15-10-7-11-16(15)19(3)14-8-5-4-6-9-14;1-3-7-11(8-4-1)13-12-9-5-2-6-10-12;2*1-2-4-5-3-1;;;;/h6,11-12,18-19,22-24,26-27H,4-5,7-10,13-17,20-21H2,1-3H3;4-6,8-9,12,15-16H,7,10-11H2,1-3H3;11-13H,1-10H2;2*1-5H2;1H4;;;/q+1;;;;;;;;/p+1/t22-,26?,27?;12-,15?,16?,19?;;;;;;;/m11......./s1. The first kappa shape index (κ1) is 72.8. The zero-order chi connectivity index (χ0) is 50.1. The first-order valence-electron chi connectivity index (χ1n) is 31.1. The SMILES string of the molecule is C.C1CCC(PC2CCCCC2)CC1.C1CCCC1.C1CCCC1.CC(=O)O[C@H](C)C1CCCC1[PH+](C)c1ccccc1.C[C@H](C1CCCC1[P+](C)(C)c1ccccc1)P(C1CCCCC1)C1CCCCC1.[Fe].[Fe].[Np]. The van der Waals surface area contributed by atoms with E-state index in [1.54, 1.807) is 56.7 Å². The maximum atomic E-state index is 11.1. The Kier molecular flexibility index (Phi) is 40.4. The fraction of sp³-hybridized carbons (Fsp3) is 0.803. The predicted molar refractivity (Wildman–Crippen MR) is 334 cm³/mol. The third-order valence-electron chi connectivity index (χ3n) is 19.4. The fourth-order valence-corrected chi connectivity index (χ4v) is 28.6. The van der Waals surface area contributed by atoms with E-state index in [4.69, 9.17) is 4.74 Å². The van der Waals surface area contributed by atoms with Crippen molar-refractivity contribution in [2.45, 2.75) is 305 Å². The number of hydrogen-bond donors (Lipinski definition) is 0. The summed E-state index contributed by atoms with van der Waals surface area (Å²) in [6.45, 7) is 14.1. The van der Waals surface area contributed by atoms with Crippen LogP contribution in [0.1, 0.15) is 259 Å². The Morgan fingerprint density at radius 1 is 0.533 bits per heavy atom. The van der Waals surface area contributed by atoms with E-state index in [2.05, 4.69) is 94.5 Å². The number of esters is 1. The fourth-order valence-electron chi connectivity index (χ4n) is 15.3.